The Labute approximate surface area is 104 Å². The first-order valence-electron chi connectivity index (χ1n) is 5.51. The summed E-state index contributed by atoms with van der Waals surface area (Å²) in [5.41, 5.74) is 6.96. The summed E-state index contributed by atoms with van der Waals surface area (Å²) in [7, 11) is 0. The molecular formula is C12H14ClN3O. The fraction of sp³-hybridized carbons (Fsp3) is 0.333. The van der Waals surface area contributed by atoms with Crippen LogP contribution in [-0.2, 0) is 6.54 Å². The molecule has 0 aliphatic carbocycles. The van der Waals surface area contributed by atoms with Gasteiger partial charge in [0.15, 0.2) is 0 Å². The van der Waals surface area contributed by atoms with E-state index in [1.807, 2.05) is 19.1 Å². The Morgan fingerprint density at radius 1 is 1.47 bits per heavy atom. The lowest BCUT2D eigenvalue weighted by Gasteiger charge is -2.09. The van der Waals surface area contributed by atoms with Gasteiger partial charge in [-0.25, -0.2) is 4.98 Å². The van der Waals surface area contributed by atoms with Crippen molar-refractivity contribution in [3.8, 4) is 0 Å². The van der Waals surface area contributed by atoms with E-state index in [9.17, 15) is 4.79 Å². The van der Waals surface area contributed by atoms with Crippen LogP contribution < -0.4 is 11.3 Å². The zero-order chi connectivity index (χ0) is 12.4. The second-order valence-corrected chi connectivity index (χ2v) is 4.29. The first-order chi connectivity index (χ1) is 8.15. The monoisotopic (exact) mass is 251 g/mol. The number of benzene rings is 1. The van der Waals surface area contributed by atoms with E-state index >= 15 is 0 Å². The highest BCUT2D eigenvalue weighted by Crippen LogP contribution is 2.15. The number of fused-ring (bicyclic) bond motifs is 1. The lowest BCUT2D eigenvalue weighted by atomic mass is 10.1. The maximum absolute atomic E-state index is 12.2. The molecule has 0 amide bonds. The van der Waals surface area contributed by atoms with Crippen molar-refractivity contribution in [2.75, 3.05) is 6.54 Å². The minimum Gasteiger partial charge on any atom is -0.330 e. The molecule has 0 spiro atoms. The quantitative estimate of drug-likeness (QED) is 0.845. The first-order valence-corrected chi connectivity index (χ1v) is 5.88. The van der Waals surface area contributed by atoms with Crippen LogP contribution in [0.2, 0.25) is 5.28 Å². The van der Waals surface area contributed by atoms with Gasteiger partial charge in [-0.2, -0.15) is 0 Å². The lowest BCUT2D eigenvalue weighted by molar-refractivity contribution is 0.625. The van der Waals surface area contributed by atoms with Gasteiger partial charge in [0.2, 0.25) is 5.28 Å². The van der Waals surface area contributed by atoms with Gasteiger partial charge < -0.3 is 5.73 Å². The zero-order valence-corrected chi connectivity index (χ0v) is 10.4. The van der Waals surface area contributed by atoms with Crippen LogP contribution in [0, 0.1) is 6.92 Å². The Morgan fingerprint density at radius 3 is 2.94 bits per heavy atom. The van der Waals surface area contributed by atoms with Crippen LogP contribution in [-0.4, -0.2) is 16.1 Å². The van der Waals surface area contributed by atoms with Gasteiger partial charge in [0, 0.05) is 6.54 Å². The highest BCUT2D eigenvalue weighted by Gasteiger charge is 2.09. The number of hydrogen-bond donors (Lipinski definition) is 1. The summed E-state index contributed by atoms with van der Waals surface area (Å²) in [5.74, 6) is 0. The molecule has 0 fully saturated rings. The molecule has 2 rings (SSSR count). The normalized spacial score (nSPS) is 11.0. The standard InChI is InChI=1S/C12H14ClN3O/c1-8-4-2-5-9-10(8)15-12(13)16(11(9)17)7-3-6-14/h2,4-5H,3,6-7,14H2,1H3. The van der Waals surface area contributed by atoms with Gasteiger partial charge in [-0.05, 0) is 43.1 Å². The lowest BCUT2D eigenvalue weighted by Crippen LogP contribution is -2.23. The van der Waals surface area contributed by atoms with Crippen LogP contribution in [0.1, 0.15) is 12.0 Å². The van der Waals surface area contributed by atoms with E-state index in [1.165, 1.54) is 4.57 Å². The van der Waals surface area contributed by atoms with Gasteiger partial charge in [0.1, 0.15) is 0 Å². The summed E-state index contributed by atoms with van der Waals surface area (Å²) < 4.78 is 1.47. The Kier molecular flexibility index (Phi) is 3.45. The smallest absolute Gasteiger partial charge is 0.262 e. The Bertz CT molecular complexity index is 606. The fourth-order valence-electron chi connectivity index (χ4n) is 1.80. The molecule has 0 aliphatic heterocycles. The molecule has 90 valence electrons. The van der Waals surface area contributed by atoms with Gasteiger partial charge in [0.25, 0.3) is 5.56 Å². The van der Waals surface area contributed by atoms with Crippen molar-refractivity contribution in [3.63, 3.8) is 0 Å². The van der Waals surface area contributed by atoms with Crippen LogP contribution in [0.4, 0.5) is 0 Å². The molecule has 4 nitrogen and oxygen atoms in total. The number of para-hydroxylation sites is 1. The van der Waals surface area contributed by atoms with E-state index in [4.69, 9.17) is 17.3 Å². The first kappa shape index (κ1) is 12.1. The Morgan fingerprint density at radius 2 is 2.24 bits per heavy atom. The van der Waals surface area contributed by atoms with Crippen molar-refractivity contribution >= 4 is 22.5 Å². The van der Waals surface area contributed by atoms with Crippen molar-refractivity contribution in [2.45, 2.75) is 19.9 Å². The van der Waals surface area contributed by atoms with Crippen LogP contribution >= 0.6 is 11.6 Å². The second-order valence-electron chi connectivity index (χ2n) is 3.95. The molecule has 1 aromatic heterocycles. The van der Waals surface area contributed by atoms with Crippen molar-refractivity contribution < 1.29 is 0 Å². The predicted octanol–water partition coefficient (Wildman–Crippen LogP) is 1.71. The molecule has 0 saturated carbocycles. The Balaban J connectivity index is 2.68. The van der Waals surface area contributed by atoms with Crippen LogP contribution in [0.3, 0.4) is 0 Å². The number of aromatic nitrogens is 2. The summed E-state index contributed by atoms with van der Waals surface area (Å²) in [5, 5.41) is 0.830. The molecule has 17 heavy (non-hydrogen) atoms. The summed E-state index contributed by atoms with van der Waals surface area (Å²) in [4.78, 5) is 16.5. The minimum atomic E-state index is -0.0999. The second kappa shape index (κ2) is 4.85. The van der Waals surface area contributed by atoms with Crippen LogP contribution in [0.5, 0.6) is 0 Å². The van der Waals surface area contributed by atoms with E-state index in [0.29, 0.717) is 30.4 Å². The van der Waals surface area contributed by atoms with E-state index < -0.39 is 0 Å². The molecule has 2 N–H and O–H groups in total. The molecule has 0 saturated heterocycles. The van der Waals surface area contributed by atoms with Crippen molar-refractivity contribution in [1.82, 2.24) is 9.55 Å². The maximum atomic E-state index is 12.2. The molecule has 0 aliphatic rings. The average molecular weight is 252 g/mol. The number of aryl methyl sites for hydroxylation is 1. The SMILES string of the molecule is Cc1cccc2c(=O)n(CCCN)c(Cl)nc12. The van der Waals surface area contributed by atoms with E-state index in [-0.39, 0.29) is 10.8 Å². The van der Waals surface area contributed by atoms with E-state index in [1.54, 1.807) is 6.07 Å². The highest BCUT2D eigenvalue weighted by molar-refractivity contribution is 6.28. The largest absolute Gasteiger partial charge is 0.330 e. The molecule has 1 heterocycles. The fourth-order valence-corrected chi connectivity index (χ4v) is 2.05. The molecule has 0 atom stereocenters. The topological polar surface area (TPSA) is 60.9 Å². The van der Waals surface area contributed by atoms with Gasteiger partial charge in [-0.1, -0.05) is 12.1 Å². The van der Waals surface area contributed by atoms with E-state index in [0.717, 1.165) is 5.56 Å². The summed E-state index contributed by atoms with van der Waals surface area (Å²) in [6, 6.07) is 5.53. The van der Waals surface area contributed by atoms with E-state index in [2.05, 4.69) is 4.98 Å². The molecule has 0 radical (unpaired) electrons. The van der Waals surface area contributed by atoms with Gasteiger partial charge in [-0.3, -0.25) is 9.36 Å². The van der Waals surface area contributed by atoms with Gasteiger partial charge in [-0.15, -0.1) is 0 Å². The minimum absolute atomic E-state index is 0.0999. The predicted molar refractivity (Wildman–Crippen MR) is 69.4 cm³/mol. The average Bonchev–Trinajstić information content (AvgIpc) is 2.31. The number of nitrogens with two attached hydrogens (primary N) is 1. The molecule has 2 aromatic rings. The summed E-state index contributed by atoms with van der Waals surface area (Å²) in [6.45, 7) is 2.94. The highest BCUT2D eigenvalue weighted by atomic mass is 35.5. The maximum Gasteiger partial charge on any atom is 0.262 e. The zero-order valence-electron chi connectivity index (χ0n) is 9.61. The van der Waals surface area contributed by atoms with Gasteiger partial charge >= 0.3 is 0 Å². The van der Waals surface area contributed by atoms with Crippen molar-refractivity contribution in [2.24, 2.45) is 5.73 Å². The number of halogens is 1. The number of rotatable bonds is 3. The van der Waals surface area contributed by atoms with Crippen molar-refractivity contribution in [3.05, 3.63) is 39.4 Å². The van der Waals surface area contributed by atoms with Gasteiger partial charge in [0.05, 0.1) is 10.9 Å². The molecule has 5 heteroatoms. The molecule has 1 aromatic carbocycles. The number of hydrogen-bond acceptors (Lipinski definition) is 3. The molecule has 0 bridgehead atoms. The third-order valence-electron chi connectivity index (χ3n) is 2.73. The van der Waals surface area contributed by atoms with Crippen LogP contribution in [0.15, 0.2) is 23.0 Å². The summed E-state index contributed by atoms with van der Waals surface area (Å²) in [6.07, 6.45) is 0.707. The molecule has 0 unspecified atom stereocenters. The summed E-state index contributed by atoms with van der Waals surface area (Å²) >= 11 is 6.03. The third kappa shape index (κ3) is 2.18. The third-order valence-corrected chi connectivity index (χ3v) is 3.01. The number of nitrogens with zero attached hydrogens (tertiary/aromatic N) is 2. The Hall–Kier alpha value is -1.39. The van der Waals surface area contributed by atoms with Crippen molar-refractivity contribution in [1.29, 1.82) is 0 Å². The molecular weight excluding hydrogens is 238 g/mol. The van der Waals surface area contributed by atoms with Crippen LogP contribution in [0.25, 0.3) is 10.9 Å².